The normalized spacial score (nSPS) is 14.0. The number of amides is 1. The first-order valence-electron chi connectivity index (χ1n) is 9.85. The van der Waals surface area contributed by atoms with E-state index in [0.717, 1.165) is 11.1 Å². The van der Waals surface area contributed by atoms with E-state index < -0.39 is 4.92 Å². The summed E-state index contributed by atoms with van der Waals surface area (Å²) in [6.45, 7) is 4.25. The molecule has 160 valence electrons. The SMILES string of the molecule is CCOC(=O)N1CCN(c2nc3nc(Cl)c([N+](=O)[O-])cc3cc2-c2ccccc2)CC1. The van der Waals surface area contributed by atoms with Crippen LogP contribution < -0.4 is 4.90 Å². The second kappa shape index (κ2) is 8.73. The summed E-state index contributed by atoms with van der Waals surface area (Å²) in [7, 11) is 0. The Balaban J connectivity index is 1.76. The topological polar surface area (TPSA) is 102 Å². The minimum atomic E-state index is -0.556. The van der Waals surface area contributed by atoms with Gasteiger partial charge in [-0.1, -0.05) is 41.9 Å². The summed E-state index contributed by atoms with van der Waals surface area (Å²) in [5, 5.41) is 11.6. The number of benzene rings is 1. The molecule has 1 aliphatic heterocycles. The number of halogens is 1. The van der Waals surface area contributed by atoms with Crippen LogP contribution in [0.5, 0.6) is 0 Å². The van der Waals surface area contributed by atoms with Gasteiger partial charge in [0.1, 0.15) is 5.82 Å². The van der Waals surface area contributed by atoms with Crippen LogP contribution in [0.3, 0.4) is 0 Å². The Bertz CT molecular complexity index is 1130. The zero-order valence-electron chi connectivity index (χ0n) is 16.8. The molecule has 1 amide bonds. The van der Waals surface area contributed by atoms with Crippen molar-refractivity contribution in [3.63, 3.8) is 0 Å². The average Bonchev–Trinajstić information content (AvgIpc) is 2.78. The number of piperazine rings is 1. The fraction of sp³-hybridized carbons (Fsp3) is 0.286. The van der Waals surface area contributed by atoms with Crippen LogP contribution in [0.15, 0.2) is 42.5 Å². The summed E-state index contributed by atoms with van der Waals surface area (Å²) in [6, 6.07) is 12.9. The van der Waals surface area contributed by atoms with Crippen LogP contribution in [-0.2, 0) is 4.74 Å². The van der Waals surface area contributed by atoms with Gasteiger partial charge in [-0.05, 0) is 18.6 Å². The molecule has 1 fully saturated rings. The second-order valence-electron chi connectivity index (χ2n) is 7.00. The second-order valence-corrected chi connectivity index (χ2v) is 7.36. The van der Waals surface area contributed by atoms with Crippen LogP contribution in [0.25, 0.3) is 22.2 Å². The van der Waals surface area contributed by atoms with Crippen molar-refractivity contribution in [1.29, 1.82) is 0 Å². The van der Waals surface area contributed by atoms with Gasteiger partial charge in [0.15, 0.2) is 5.65 Å². The van der Waals surface area contributed by atoms with Crippen molar-refractivity contribution in [1.82, 2.24) is 14.9 Å². The number of nitro groups is 1. The molecule has 0 bridgehead atoms. The molecule has 0 radical (unpaired) electrons. The van der Waals surface area contributed by atoms with Crippen LogP contribution >= 0.6 is 11.6 Å². The molecule has 0 aliphatic carbocycles. The molecule has 3 aromatic rings. The van der Waals surface area contributed by atoms with Crippen LogP contribution in [-0.4, -0.2) is 58.7 Å². The maximum Gasteiger partial charge on any atom is 0.409 e. The van der Waals surface area contributed by atoms with E-state index in [1.54, 1.807) is 11.8 Å². The quantitative estimate of drug-likeness (QED) is 0.340. The molecule has 10 heteroatoms. The van der Waals surface area contributed by atoms with Crippen LogP contribution in [0.1, 0.15) is 6.92 Å². The van der Waals surface area contributed by atoms with Gasteiger partial charge < -0.3 is 14.5 Å². The van der Waals surface area contributed by atoms with Gasteiger partial charge in [0, 0.05) is 43.2 Å². The predicted octanol–water partition coefficient (Wildman–Crippen LogP) is 4.14. The summed E-state index contributed by atoms with van der Waals surface area (Å²) in [6.07, 6.45) is -0.322. The molecule has 9 nitrogen and oxygen atoms in total. The molecule has 0 spiro atoms. The molecule has 0 N–H and O–H groups in total. The molecule has 1 aromatic carbocycles. The molecule has 0 unspecified atom stereocenters. The third-order valence-electron chi connectivity index (χ3n) is 5.11. The minimum absolute atomic E-state index is 0.199. The van der Waals surface area contributed by atoms with E-state index in [1.807, 2.05) is 36.4 Å². The Morgan fingerprint density at radius 3 is 2.52 bits per heavy atom. The lowest BCUT2D eigenvalue weighted by atomic mass is 10.0. The third kappa shape index (κ3) is 4.22. The van der Waals surface area contributed by atoms with Crippen molar-refractivity contribution in [3.05, 3.63) is 57.7 Å². The van der Waals surface area contributed by atoms with Crippen molar-refractivity contribution in [2.24, 2.45) is 0 Å². The van der Waals surface area contributed by atoms with Crippen molar-refractivity contribution in [2.45, 2.75) is 6.92 Å². The molecule has 1 saturated heterocycles. The first kappa shape index (κ1) is 20.8. The molecule has 3 heterocycles. The summed E-state index contributed by atoms with van der Waals surface area (Å²) in [5.41, 5.74) is 1.83. The third-order valence-corrected chi connectivity index (χ3v) is 5.38. The highest BCUT2D eigenvalue weighted by atomic mass is 35.5. The van der Waals surface area contributed by atoms with Crippen molar-refractivity contribution < 1.29 is 14.5 Å². The maximum atomic E-state index is 12.0. The van der Waals surface area contributed by atoms with Gasteiger partial charge in [-0.3, -0.25) is 10.1 Å². The highest BCUT2D eigenvalue weighted by molar-refractivity contribution is 6.31. The van der Waals surface area contributed by atoms with Crippen LogP contribution in [0.4, 0.5) is 16.3 Å². The molecule has 2 aromatic heterocycles. The zero-order valence-corrected chi connectivity index (χ0v) is 17.6. The van der Waals surface area contributed by atoms with E-state index in [4.69, 9.17) is 21.3 Å². The molecular weight excluding hydrogens is 422 g/mol. The fourth-order valence-corrected chi connectivity index (χ4v) is 3.78. The summed E-state index contributed by atoms with van der Waals surface area (Å²) in [5.74, 6) is 0.694. The zero-order chi connectivity index (χ0) is 22.0. The Labute approximate surface area is 183 Å². The van der Waals surface area contributed by atoms with E-state index in [1.165, 1.54) is 6.07 Å². The lowest BCUT2D eigenvalue weighted by Crippen LogP contribution is -2.49. The Morgan fingerprint density at radius 2 is 1.87 bits per heavy atom. The standard InChI is InChI=1S/C21H20ClN5O4/c1-2-31-21(28)26-10-8-25(9-11-26)20-16(14-6-4-3-5-7-14)12-15-13-17(27(29)30)18(22)23-19(15)24-20/h3-7,12-13H,2,8-11H2,1H3. The van der Waals surface area contributed by atoms with Gasteiger partial charge in [0.25, 0.3) is 0 Å². The van der Waals surface area contributed by atoms with Gasteiger partial charge >= 0.3 is 11.8 Å². The van der Waals surface area contributed by atoms with Gasteiger partial charge in [-0.2, -0.15) is 0 Å². The number of ether oxygens (including phenoxy) is 1. The predicted molar refractivity (Wildman–Crippen MR) is 117 cm³/mol. The van der Waals surface area contributed by atoms with E-state index in [0.29, 0.717) is 49.6 Å². The van der Waals surface area contributed by atoms with Crippen LogP contribution in [0.2, 0.25) is 5.15 Å². The lowest BCUT2D eigenvalue weighted by molar-refractivity contribution is -0.384. The summed E-state index contributed by atoms with van der Waals surface area (Å²) >= 11 is 6.01. The number of pyridine rings is 2. The number of nitrogens with zero attached hydrogens (tertiary/aromatic N) is 5. The Morgan fingerprint density at radius 1 is 1.16 bits per heavy atom. The van der Waals surface area contributed by atoms with Crippen molar-refractivity contribution in [2.75, 3.05) is 37.7 Å². The minimum Gasteiger partial charge on any atom is -0.450 e. The number of carbonyl (C=O) groups excluding carboxylic acids is 1. The Hall–Kier alpha value is -3.46. The Kier molecular flexibility index (Phi) is 5.85. The largest absolute Gasteiger partial charge is 0.450 e. The highest BCUT2D eigenvalue weighted by Crippen LogP contribution is 2.35. The maximum absolute atomic E-state index is 12.0. The van der Waals surface area contributed by atoms with Gasteiger partial charge in [0.05, 0.1) is 11.5 Å². The summed E-state index contributed by atoms with van der Waals surface area (Å²) in [4.78, 5) is 35.4. The fourth-order valence-electron chi connectivity index (χ4n) is 3.58. The first-order chi connectivity index (χ1) is 15.0. The molecule has 4 rings (SSSR count). The van der Waals surface area contributed by atoms with Gasteiger partial charge in [-0.25, -0.2) is 14.8 Å². The van der Waals surface area contributed by atoms with Crippen molar-refractivity contribution in [3.8, 4) is 11.1 Å². The monoisotopic (exact) mass is 441 g/mol. The number of rotatable bonds is 4. The number of fused-ring (bicyclic) bond motifs is 1. The van der Waals surface area contributed by atoms with E-state index in [-0.39, 0.29) is 16.9 Å². The van der Waals surface area contributed by atoms with Crippen molar-refractivity contribution >= 4 is 40.2 Å². The number of aromatic nitrogens is 2. The molecule has 1 aliphatic rings. The number of anilines is 1. The highest BCUT2D eigenvalue weighted by Gasteiger charge is 2.26. The average molecular weight is 442 g/mol. The van der Waals surface area contributed by atoms with E-state index in [2.05, 4.69) is 9.88 Å². The molecule has 0 atom stereocenters. The van der Waals surface area contributed by atoms with Gasteiger partial charge in [-0.15, -0.1) is 0 Å². The lowest BCUT2D eigenvalue weighted by Gasteiger charge is -2.35. The van der Waals surface area contributed by atoms with E-state index >= 15 is 0 Å². The number of hydrogen-bond acceptors (Lipinski definition) is 7. The first-order valence-corrected chi connectivity index (χ1v) is 10.2. The van der Waals surface area contributed by atoms with Crippen LogP contribution in [0, 0.1) is 10.1 Å². The molecule has 0 saturated carbocycles. The smallest absolute Gasteiger partial charge is 0.409 e. The number of carbonyl (C=O) groups is 1. The van der Waals surface area contributed by atoms with Gasteiger partial charge in [0.2, 0.25) is 5.15 Å². The summed E-state index contributed by atoms with van der Waals surface area (Å²) < 4.78 is 5.09. The number of hydrogen-bond donors (Lipinski definition) is 0. The molecule has 31 heavy (non-hydrogen) atoms. The van der Waals surface area contributed by atoms with E-state index in [9.17, 15) is 14.9 Å². The molecular formula is C21H20ClN5O4.